The van der Waals surface area contributed by atoms with Crippen molar-refractivity contribution >= 4 is 5.95 Å². The molecule has 0 amide bonds. The highest BCUT2D eigenvalue weighted by Gasteiger charge is 1.99. The summed E-state index contributed by atoms with van der Waals surface area (Å²) in [5, 5.41) is 9.16. The van der Waals surface area contributed by atoms with Crippen LogP contribution in [0, 0.1) is 17.0 Å². The average molecular weight is 154 g/mol. The van der Waals surface area contributed by atoms with Gasteiger partial charge < -0.3 is 0 Å². The topological polar surface area (TPSA) is 81.0 Å². The van der Waals surface area contributed by atoms with E-state index in [1.807, 2.05) is 5.43 Å². The minimum Gasteiger partial charge on any atom is -0.234 e. The summed E-state index contributed by atoms with van der Waals surface area (Å²) < 4.78 is 0. The molecule has 0 fully saturated rings. The number of anilines is 1. The first-order chi connectivity index (χ1) is 5.18. The van der Waals surface area contributed by atoms with Crippen LogP contribution in [0.4, 0.5) is 5.95 Å². The molecular formula is C5H6N4O2. The van der Waals surface area contributed by atoms with Crippen LogP contribution in [-0.2, 0) is 0 Å². The van der Waals surface area contributed by atoms with Crippen LogP contribution in [0.3, 0.4) is 0 Å². The second kappa shape index (κ2) is 2.91. The van der Waals surface area contributed by atoms with Gasteiger partial charge in [0.2, 0.25) is 0 Å². The van der Waals surface area contributed by atoms with Gasteiger partial charge in [0.25, 0.3) is 5.95 Å². The molecular weight excluding hydrogens is 148 g/mol. The molecule has 0 aliphatic carbocycles. The number of nitrogens with one attached hydrogen (secondary N) is 1. The van der Waals surface area contributed by atoms with E-state index >= 15 is 0 Å². The van der Waals surface area contributed by atoms with Crippen LogP contribution in [0.15, 0.2) is 12.4 Å². The van der Waals surface area contributed by atoms with Crippen molar-refractivity contribution in [2.75, 3.05) is 5.43 Å². The maximum atomic E-state index is 9.87. The molecule has 0 saturated heterocycles. The van der Waals surface area contributed by atoms with Crippen LogP contribution in [0.1, 0.15) is 5.56 Å². The molecule has 0 bridgehead atoms. The zero-order valence-corrected chi connectivity index (χ0v) is 5.81. The maximum absolute atomic E-state index is 9.87. The number of aryl methyl sites for hydroxylation is 1. The van der Waals surface area contributed by atoms with E-state index in [1.54, 1.807) is 6.92 Å². The first-order valence-corrected chi connectivity index (χ1v) is 2.88. The fourth-order valence-corrected chi connectivity index (χ4v) is 0.532. The van der Waals surface area contributed by atoms with Crippen LogP contribution < -0.4 is 5.43 Å². The van der Waals surface area contributed by atoms with Crippen LogP contribution >= 0.6 is 0 Å². The Hall–Kier alpha value is -1.72. The Bertz CT molecular complexity index is 258. The number of nitro groups is 1. The zero-order chi connectivity index (χ0) is 8.27. The summed E-state index contributed by atoms with van der Waals surface area (Å²) in [6.07, 6.45) is 3.00. The quantitative estimate of drug-likeness (QED) is 0.492. The van der Waals surface area contributed by atoms with Gasteiger partial charge in [0, 0.05) is 12.4 Å². The van der Waals surface area contributed by atoms with Gasteiger partial charge in [-0.2, -0.15) is 0 Å². The SMILES string of the molecule is Cc1cnc(N[N+](=O)[O-])nc1. The number of nitrogens with zero attached hydrogens (tertiary/aromatic N) is 3. The first kappa shape index (κ1) is 7.39. The molecule has 1 N–H and O–H groups in total. The summed E-state index contributed by atoms with van der Waals surface area (Å²) in [6, 6.07) is 0. The fraction of sp³-hybridized carbons (Fsp3) is 0.200. The van der Waals surface area contributed by atoms with E-state index in [-0.39, 0.29) is 5.95 Å². The lowest BCUT2D eigenvalue weighted by molar-refractivity contribution is -0.446. The van der Waals surface area contributed by atoms with Crippen LogP contribution in [0.5, 0.6) is 0 Å². The molecule has 0 spiro atoms. The number of rotatable bonds is 2. The van der Waals surface area contributed by atoms with E-state index in [0.29, 0.717) is 0 Å². The predicted molar refractivity (Wildman–Crippen MR) is 37.4 cm³/mol. The van der Waals surface area contributed by atoms with Crippen molar-refractivity contribution in [1.29, 1.82) is 0 Å². The Morgan fingerprint density at radius 2 is 2.09 bits per heavy atom. The minimum absolute atomic E-state index is 0.000556. The molecule has 58 valence electrons. The molecule has 0 aliphatic heterocycles. The van der Waals surface area contributed by atoms with Gasteiger partial charge in [0.05, 0.1) is 0 Å². The molecule has 0 aromatic carbocycles. The van der Waals surface area contributed by atoms with Gasteiger partial charge >= 0.3 is 0 Å². The molecule has 0 aliphatic rings. The molecule has 6 nitrogen and oxygen atoms in total. The molecule has 11 heavy (non-hydrogen) atoms. The second-order valence-corrected chi connectivity index (χ2v) is 1.95. The summed E-state index contributed by atoms with van der Waals surface area (Å²) in [5.74, 6) is 0.000556. The monoisotopic (exact) mass is 154 g/mol. The highest BCUT2D eigenvalue weighted by atomic mass is 16.7. The van der Waals surface area contributed by atoms with E-state index in [9.17, 15) is 10.1 Å². The van der Waals surface area contributed by atoms with Crippen LogP contribution in [0.2, 0.25) is 0 Å². The van der Waals surface area contributed by atoms with E-state index in [2.05, 4.69) is 9.97 Å². The molecule has 1 aromatic heterocycles. The summed E-state index contributed by atoms with van der Waals surface area (Å²) in [6.45, 7) is 1.80. The average Bonchev–Trinajstić information content (AvgIpc) is 1.93. The van der Waals surface area contributed by atoms with Gasteiger partial charge in [-0.25, -0.2) is 20.1 Å². The molecule has 6 heteroatoms. The third-order valence-corrected chi connectivity index (χ3v) is 0.972. The van der Waals surface area contributed by atoms with Gasteiger partial charge in [-0.15, -0.1) is 0 Å². The van der Waals surface area contributed by atoms with Crippen molar-refractivity contribution in [3.8, 4) is 0 Å². The molecule has 0 unspecified atom stereocenters. The Labute approximate surface area is 62.4 Å². The molecule has 1 aromatic rings. The van der Waals surface area contributed by atoms with Gasteiger partial charge in [0.1, 0.15) is 0 Å². The van der Waals surface area contributed by atoms with Crippen molar-refractivity contribution in [1.82, 2.24) is 9.97 Å². The van der Waals surface area contributed by atoms with Gasteiger partial charge in [-0.05, 0) is 12.5 Å². The Morgan fingerprint density at radius 1 is 1.55 bits per heavy atom. The number of aromatic nitrogens is 2. The number of hydrazine groups is 1. The largest absolute Gasteiger partial charge is 0.284 e. The predicted octanol–water partition coefficient (Wildman–Crippen LogP) is 0.389. The molecule has 1 rings (SSSR count). The summed E-state index contributed by atoms with van der Waals surface area (Å²) in [4.78, 5) is 17.2. The number of hydrogen-bond acceptors (Lipinski definition) is 4. The number of hydrogen-bond donors (Lipinski definition) is 1. The van der Waals surface area contributed by atoms with Crippen molar-refractivity contribution in [3.05, 3.63) is 28.1 Å². The summed E-state index contributed by atoms with van der Waals surface area (Å²) >= 11 is 0. The Balaban J connectivity index is 2.74. The smallest absolute Gasteiger partial charge is 0.234 e. The second-order valence-electron chi connectivity index (χ2n) is 1.95. The van der Waals surface area contributed by atoms with E-state index in [1.165, 1.54) is 12.4 Å². The fourth-order valence-electron chi connectivity index (χ4n) is 0.532. The zero-order valence-electron chi connectivity index (χ0n) is 5.81. The van der Waals surface area contributed by atoms with Crippen LogP contribution in [-0.4, -0.2) is 15.0 Å². The van der Waals surface area contributed by atoms with Crippen molar-refractivity contribution in [2.45, 2.75) is 6.92 Å². The minimum atomic E-state index is -0.704. The Morgan fingerprint density at radius 3 is 2.55 bits per heavy atom. The van der Waals surface area contributed by atoms with E-state index < -0.39 is 5.03 Å². The van der Waals surface area contributed by atoms with E-state index in [4.69, 9.17) is 0 Å². The van der Waals surface area contributed by atoms with Crippen molar-refractivity contribution in [2.24, 2.45) is 0 Å². The van der Waals surface area contributed by atoms with Gasteiger partial charge in [-0.1, -0.05) is 5.43 Å². The normalized spacial score (nSPS) is 9.18. The third kappa shape index (κ3) is 2.17. The summed E-state index contributed by atoms with van der Waals surface area (Å²) in [5.41, 5.74) is 2.69. The molecule has 0 radical (unpaired) electrons. The lowest BCUT2D eigenvalue weighted by Gasteiger charge is -1.93. The van der Waals surface area contributed by atoms with Gasteiger partial charge in [-0.3, -0.25) is 0 Å². The van der Waals surface area contributed by atoms with Crippen molar-refractivity contribution in [3.63, 3.8) is 0 Å². The molecule has 0 atom stereocenters. The van der Waals surface area contributed by atoms with Gasteiger partial charge in [0.15, 0.2) is 5.03 Å². The van der Waals surface area contributed by atoms with E-state index in [0.717, 1.165) is 5.56 Å². The molecule has 1 heterocycles. The maximum Gasteiger partial charge on any atom is 0.284 e. The lowest BCUT2D eigenvalue weighted by Crippen LogP contribution is -2.10. The first-order valence-electron chi connectivity index (χ1n) is 2.88. The van der Waals surface area contributed by atoms with Crippen LogP contribution in [0.25, 0.3) is 0 Å². The lowest BCUT2D eigenvalue weighted by atomic mass is 10.4. The Kier molecular flexibility index (Phi) is 1.95. The third-order valence-electron chi connectivity index (χ3n) is 0.972. The highest BCUT2D eigenvalue weighted by molar-refractivity contribution is 5.20. The van der Waals surface area contributed by atoms with Crippen molar-refractivity contribution < 1.29 is 5.03 Å². The highest BCUT2D eigenvalue weighted by Crippen LogP contribution is 1.96. The standard InChI is InChI=1S/C5H6N4O2/c1-4-2-6-5(7-3-4)8-9(10)11/h2-3H,1H3,(H,6,7,8). The molecule has 0 saturated carbocycles. The summed E-state index contributed by atoms with van der Waals surface area (Å²) in [7, 11) is 0.